The minimum atomic E-state index is -0.484. The van der Waals surface area contributed by atoms with Crippen LogP contribution in [-0.4, -0.2) is 36.3 Å². The van der Waals surface area contributed by atoms with Crippen molar-refractivity contribution in [2.24, 2.45) is 0 Å². The van der Waals surface area contributed by atoms with Crippen molar-refractivity contribution < 1.29 is 14.2 Å². The van der Waals surface area contributed by atoms with E-state index in [0.717, 1.165) is 22.9 Å². The number of phenolic OH excluding ortho intramolecular Hbond substituents is 1. The first kappa shape index (κ1) is 17.4. The lowest BCUT2D eigenvalue weighted by atomic mass is 10.0. The SMILES string of the molecule is Cc1ncccc1-c1cnc(NCc2c(F)cc(O)c3c2CCO3)n2cnnc12. The highest BCUT2D eigenvalue weighted by molar-refractivity contribution is 5.78. The average molecular weight is 392 g/mol. The van der Waals surface area contributed by atoms with Gasteiger partial charge in [0.15, 0.2) is 17.1 Å². The molecule has 1 aliphatic heterocycles. The molecule has 0 radical (unpaired) electrons. The molecule has 29 heavy (non-hydrogen) atoms. The minimum absolute atomic E-state index is 0.172. The molecule has 4 heterocycles. The van der Waals surface area contributed by atoms with E-state index < -0.39 is 5.82 Å². The van der Waals surface area contributed by atoms with Gasteiger partial charge in [-0.3, -0.25) is 9.38 Å². The number of ether oxygens (including phenoxy) is 1. The number of halogens is 1. The van der Waals surface area contributed by atoms with Crippen LogP contribution in [0.2, 0.25) is 0 Å². The molecule has 3 aromatic heterocycles. The number of nitrogens with one attached hydrogen (secondary N) is 1. The highest BCUT2D eigenvalue weighted by atomic mass is 19.1. The summed E-state index contributed by atoms with van der Waals surface area (Å²) in [4.78, 5) is 8.81. The van der Waals surface area contributed by atoms with Gasteiger partial charge in [-0.05, 0) is 13.0 Å². The Kier molecular flexibility index (Phi) is 4.01. The Morgan fingerprint density at radius 1 is 1.31 bits per heavy atom. The number of aromatic hydroxyl groups is 1. The number of aromatic nitrogens is 5. The summed E-state index contributed by atoms with van der Waals surface area (Å²) in [6.45, 7) is 2.53. The fourth-order valence-corrected chi connectivity index (χ4v) is 3.66. The van der Waals surface area contributed by atoms with Crippen molar-refractivity contribution >= 4 is 11.6 Å². The van der Waals surface area contributed by atoms with Crippen molar-refractivity contribution in [3.8, 4) is 22.6 Å². The number of nitrogens with zero attached hydrogens (tertiary/aromatic N) is 5. The first-order valence-electron chi connectivity index (χ1n) is 9.14. The molecule has 5 rings (SSSR count). The van der Waals surface area contributed by atoms with Crippen molar-refractivity contribution in [3.63, 3.8) is 0 Å². The molecule has 146 valence electrons. The maximum Gasteiger partial charge on any atom is 0.210 e. The molecule has 1 aromatic carbocycles. The second-order valence-corrected chi connectivity index (χ2v) is 6.77. The van der Waals surface area contributed by atoms with Crippen LogP contribution in [0.25, 0.3) is 16.8 Å². The molecule has 0 atom stereocenters. The van der Waals surface area contributed by atoms with Crippen molar-refractivity contribution in [2.45, 2.75) is 19.9 Å². The average Bonchev–Trinajstić information content (AvgIpc) is 3.38. The summed E-state index contributed by atoms with van der Waals surface area (Å²) >= 11 is 0. The van der Waals surface area contributed by atoms with Gasteiger partial charge in [-0.25, -0.2) is 9.37 Å². The van der Waals surface area contributed by atoms with E-state index in [1.54, 1.807) is 23.1 Å². The number of anilines is 1. The van der Waals surface area contributed by atoms with Crippen LogP contribution in [0.15, 0.2) is 36.9 Å². The molecule has 0 bridgehead atoms. The van der Waals surface area contributed by atoms with Gasteiger partial charge >= 0.3 is 0 Å². The summed E-state index contributed by atoms with van der Waals surface area (Å²) in [5.74, 6) is 0.180. The van der Waals surface area contributed by atoms with Gasteiger partial charge in [0.1, 0.15) is 12.1 Å². The van der Waals surface area contributed by atoms with E-state index in [2.05, 4.69) is 25.5 Å². The summed E-state index contributed by atoms with van der Waals surface area (Å²) in [6.07, 6.45) is 5.54. The Hall–Kier alpha value is -3.75. The first-order valence-corrected chi connectivity index (χ1v) is 9.14. The van der Waals surface area contributed by atoms with Crippen molar-refractivity contribution in [1.29, 1.82) is 0 Å². The molecule has 2 N–H and O–H groups in total. The highest BCUT2D eigenvalue weighted by Gasteiger charge is 2.24. The smallest absolute Gasteiger partial charge is 0.210 e. The molecule has 0 saturated carbocycles. The fraction of sp³-hybridized carbons (Fsp3) is 0.200. The quantitative estimate of drug-likeness (QED) is 0.551. The molecular weight excluding hydrogens is 375 g/mol. The van der Waals surface area contributed by atoms with Gasteiger partial charge in [-0.2, -0.15) is 0 Å². The van der Waals surface area contributed by atoms with Crippen LogP contribution >= 0.6 is 0 Å². The molecule has 9 heteroatoms. The van der Waals surface area contributed by atoms with E-state index in [1.165, 1.54) is 0 Å². The van der Waals surface area contributed by atoms with E-state index in [0.29, 0.717) is 41.5 Å². The zero-order valence-electron chi connectivity index (χ0n) is 15.6. The van der Waals surface area contributed by atoms with Gasteiger partial charge in [-0.1, -0.05) is 6.07 Å². The zero-order valence-corrected chi connectivity index (χ0v) is 15.6. The van der Waals surface area contributed by atoms with Crippen LogP contribution in [0.1, 0.15) is 16.8 Å². The standard InChI is InChI=1S/C20H17FN6O2/c1-11-12(3-2-5-22-11)15-9-24-20(27-10-25-26-19(15)27)23-8-14-13-4-6-29-18(13)17(28)7-16(14)21/h2-3,5,7,9-10,28H,4,6,8H2,1H3,(H,23,24). The van der Waals surface area contributed by atoms with Gasteiger partial charge in [0.2, 0.25) is 5.95 Å². The number of rotatable bonds is 4. The van der Waals surface area contributed by atoms with Crippen LogP contribution in [0.4, 0.5) is 10.3 Å². The highest BCUT2D eigenvalue weighted by Crippen LogP contribution is 2.38. The Morgan fingerprint density at radius 3 is 3.07 bits per heavy atom. The van der Waals surface area contributed by atoms with Crippen molar-refractivity contribution in [2.75, 3.05) is 11.9 Å². The maximum absolute atomic E-state index is 14.5. The number of benzene rings is 1. The lowest BCUT2D eigenvalue weighted by molar-refractivity contribution is 0.334. The molecule has 1 aliphatic rings. The molecule has 0 saturated heterocycles. The monoisotopic (exact) mass is 392 g/mol. The van der Waals surface area contributed by atoms with E-state index in [-0.39, 0.29) is 12.3 Å². The van der Waals surface area contributed by atoms with Crippen LogP contribution in [0, 0.1) is 12.7 Å². The number of hydrogen-bond acceptors (Lipinski definition) is 7. The van der Waals surface area contributed by atoms with Crippen LogP contribution in [-0.2, 0) is 13.0 Å². The fourth-order valence-electron chi connectivity index (χ4n) is 3.66. The molecule has 0 fully saturated rings. The predicted molar refractivity (Wildman–Crippen MR) is 103 cm³/mol. The summed E-state index contributed by atoms with van der Waals surface area (Å²) in [6, 6.07) is 4.89. The van der Waals surface area contributed by atoms with E-state index in [4.69, 9.17) is 4.74 Å². The number of aryl methyl sites for hydroxylation is 1. The molecule has 4 aromatic rings. The lowest BCUT2D eigenvalue weighted by Gasteiger charge is -2.13. The Balaban J connectivity index is 1.51. The molecule has 8 nitrogen and oxygen atoms in total. The Labute approximate surface area is 165 Å². The van der Waals surface area contributed by atoms with Crippen molar-refractivity contribution in [3.05, 3.63) is 59.6 Å². The molecule has 0 aliphatic carbocycles. The molecule has 0 spiro atoms. The summed E-state index contributed by atoms with van der Waals surface area (Å²) in [5, 5.41) is 21.2. The van der Waals surface area contributed by atoms with E-state index in [9.17, 15) is 9.50 Å². The van der Waals surface area contributed by atoms with E-state index in [1.807, 2.05) is 19.1 Å². The summed E-state index contributed by atoms with van der Waals surface area (Å²) in [5.41, 5.74) is 4.34. The Morgan fingerprint density at radius 2 is 2.21 bits per heavy atom. The van der Waals surface area contributed by atoms with Gasteiger partial charge in [-0.15, -0.1) is 10.2 Å². The molecule has 0 unspecified atom stereocenters. The maximum atomic E-state index is 14.5. The zero-order chi connectivity index (χ0) is 20.0. The third kappa shape index (κ3) is 2.82. The summed E-state index contributed by atoms with van der Waals surface area (Å²) in [7, 11) is 0. The Bertz CT molecular complexity index is 1240. The summed E-state index contributed by atoms with van der Waals surface area (Å²) < 4.78 is 21.6. The number of pyridine rings is 1. The second-order valence-electron chi connectivity index (χ2n) is 6.77. The van der Waals surface area contributed by atoms with Crippen LogP contribution in [0.5, 0.6) is 11.5 Å². The van der Waals surface area contributed by atoms with Gasteiger partial charge in [0.25, 0.3) is 0 Å². The van der Waals surface area contributed by atoms with Gasteiger partial charge in [0.05, 0.1) is 6.61 Å². The van der Waals surface area contributed by atoms with Gasteiger partial charge in [0, 0.05) is 59.4 Å². The number of fused-ring (bicyclic) bond motifs is 2. The lowest BCUT2D eigenvalue weighted by Crippen LogP contribution is -2.10. The topological polar surface area (TPSA) is 97.5 Å². The third-order valence-corrected chi connectivity index (χ3v) is 5.07. The molecule has 0 amide bonds. The third-order valence-electron chi connectivity index (χ3n) is 5.07. The normalized spacial score (nSPS) is 12.8. The number of phenols is 1. The predicted octanol–water partition coefficient (Wildman–Crippen LogP) is 2.89. The number of hydrogen-bond donors (Lipinski definition) is 2. The minimum Gasteiger partial charge on any atom is -0.504 e. The molecular formula is C20H17FN6O2. The van der Waals surface area contributed by atoms with Gasteiger partial charge < -0.3 is 15.2 Å². The van der Waals surface area contributed by atoms with Crippen LogP contribution < -0.4 is 10.1 Å². The second kappa shape index (κ2) is 6.69. The van der Waals surface area contributed by atoms with Crippen LogP contribution in [0.3, 0.4) is 0 Å². The van der Waals surface area contributed by atoms with E-state index >= 15 is 0 Å². The largest absolute Gasteiger partial charge is 0.504 e. The van der Waals surface area contributed by atoms with Crippen molar-refractivity contribution in [1.82, 2.24) is 24.6 Å². The first-order chi connectivity index (χ1) is 14.1.